The predicted octanol–water partition coefficient (Wildman–Crippen LogP) is 2.42. The van der Waals surface area contributed by atoms with Gasteiger partial charge in [0.2, 0.25) is 0 Å². The van der Waals surface area contributed by atoms with Gasteiger partial charge in [0.15, 0.2) is 9.84 Å². The van der Waals surface area contributed by atoms with Crippen molar-refractivity contribution in [1.29, 1.82) is 0 Å². The van der Waals surface area contributed by atoms with E-state index in [9.17, 15) is 13.5 Å². The van der Waals surface area contributed by atoms with E-state index in [0.29, 0.717) is 16.3 Å². The van der Waals surface area contributed by atoms with Gasteiger partial charge in [0.1, 0.15) is 5.75 Å². The molecule has 0 spiro atoms. The lowest BCUT2D eigenvalue weighted by atomic mass is 10.1. The van der Waals surface area contributed by atoms with E-state index in [4.69, 9.17) is 16.3 Å². The molecule has 0 unspecified atom stereocenters. The maximum atomic E-state index is 12.0. The van der Waals surface area contributed by atoms with Crippen LogP contribution >= 0.6 is 11.6 Å². The van der Waals surface area contributed by atoms with Crippen LogP contribution in [0.3, 0.4) is 0 Å². The number of rotatable bonds is 6. The summed E-state index contributed by atoms with van der Waals surface area (Å²) in [6, 6.07) is 4.87. The fourth-order valence-corrected chi connectivity index (χ4v) is 3.42. The van der Waals surface area contributed by atoms with Gasteiger partial charge in [-0.15, -0.1) is 0 Å². The van der Waals surface area contributed by atoms with Crippen LogP contribution < -0.4 is 4.74 Å². The lowest BCUT2D eigenvalue weighted by Gasteiger charge is -2.17. The second kappa shape index (κ2) is 6.11. The lowest BCUT2D eigenvalue weighted by molar-refractivity contribution is 0.0772. The minimum atomic E-state index is -3.32. The van der Waals surface area contributed by atoms with Crippen LogP contribution in [-0.4, -0.2) is 32.0 Å². The van der Waals surface area contributed by atoms with Crippen molar-refractivity contribution in [3.8, 4) is 5.75 Å². The number of methoxy groups -OCH3 is 1. The summed E-state index contributed by atoms with van der Waals surface area (Å²) < 4.78 is 29.2. The van der Waals surface area contributed by atoms with Crippen LogP contribution in [0.4, 0.5) is 0 Å². The van der Waals surface area contributed by atoms with Gasteiger partial charge in [-0.1, -0.05) is 11.6 Å². The molecule has 108 valence electrons. The number of sulfone groups is 1. The first-order valence-electron chi connectivity index (χ1n) is 5.88. The topological polar surface area (TPSA) is 63.6 Å². The van der Waals surface area contributed by atoms with E-state index in [1.807, 2.05) is 0 Å². The number of hydrogen-bond acceptors (Lipinski definition) is 4. The Morgan fingerprint density at radius 2 is 2.00 bits per heavy atom. The first kappa shape index (κ1) is 16.3. The van der Waals surface area contributed by atoms with Gasteiger partial charge in [-0.05, 0) is 38.5 Å². The molecule has 0 heterocycles. The number of halogens is 1. The number of aliphatic hydroxyl groups is 1. The van der Waals surface area contributed by atoms with E-state index in [2.05, 4.69) is 0 Å². The molecule has 0 aromatic heterocycles. The number of benzene rings is 1. The molecule has 0 bridgehead atoms. The summed E-state index contributed by atoms with van der Waals surface area (Å²) in [5.74, 6) is 0.273. The summed E-state index contributed by atoms with van der Waals surface area (Å²) in [5, 5.41) is 10.0. The Balaban J connectivity index is 2.86. The standard InChI is InChI=1S/C13H19ClO4S/c1-13(2,15)6-7-19(16,17)9-10-8-11(14)4-5-12(10)18-3/h4-5,8,15H,6-7,9H2,1-3H3. The molecule has 0 aliphatic heterocycles. The van der Waals surface area contributed by atoms with Crippen molar-refractivity contribution in [1.82, 2.24) is 0 Å². The van der Waals surface area contributed by atoms with Crippen LogP contribution in [0.1, 0.15) is 25.8 Å². The molecule has 0 radical (unpaired) electrons. The molecule has 19 heavy (non-hydrogen) atoms. The SMILES string of the molecule is COc1ccc(Cl)cc1CS(=O)(=O)CCC(C)(C)O. The molecule has 1 aromatic carbocycles. The molecule has 0 saturated heterocycles. The molecule has 0 saturated carbocycles. The molecule has 1 N–H and O–H groups in total. The minimum absolute atomic E-state index is 0.0772. The first-order valence-corrected chi connectivity index (χ1v) is 8.08. The van der Waals surface area contributed by atoms with Crippen LogP contribution in [0.25, 0.3) is 0 Å². The quantitative estimate of drug-likeness (QED) is 0.876. The maximum absolute atomic E-state index is 12.0. The summed E-state index contributed by atoms with van der Waals surface area (Å²) in [4.78, 5) is 0. The van der Waals surface area contributed by atoms with Crippen molar-refractivity contribution in [2.75, 3.05) is 12.9 Å². The largest absolute Gasteiger partial charge is 0.496 e. The molecule has 0 aliphatic rings. The Labute approximate surface area is 119 Å². The van der Waals surface area contributed by atoms with Crippen molar-refractivity contribution in [2.24, 2.45) is 0 Å². The molecule has 6 heteroatoms. The van der Waals surface area contributed by atoms with Crippen LogP contribution in [0, 0.1) is 0 Å². The Kier molecular flexibility index (Phi) is 5.24. The van der Waals surface area contributed by atoms with E-state index in [1.54, 1.807) is 32.0 Å². The van der Waals surface area contributed by atoms with Crippen LogP contribution in [0.15, 0.2) is 18.2 Å². The van der Waals surface area contributed by atoms with E-state index in [0.717, 1.165) is 0 Å². The normalized spacial score (nSPS) is 12.5. The molecule has 1 rings (SSSR count). The van der Waals surface area contributed by atoms with Crippen molar-refractivity contribution in [3.63, 3.8) is 0 Å². The fraction of sp³-hybridized carbons (Fsp3) is 0.538. The highest BCUT2D eigenvalue weighted by atomic mass is 35.5. The summed E-state index contributed by atoms with van der Waals surface area (Å²) in [7, 11) is -1.83. The van der Waals surface area contributed by atoms with E-state index in [1.165, 1.54) is 7.11 Å². The highest BCUT2D eigenvalue weighted by molar-refractivity contribution is 7.90. The monoisotopic (exact) mass is 306 g/mol. The van der Waals surface area contributed by atoms with Crippen LogP contribution in [0.2, 0.25) is 5.02 Å². The van der Waals surface area contributed by atoms with Gasteiger partial charge in [-0.25, -0.2) is 8.42 Å². The highest BCUT2D eigenvalue weighted by Gasteiger charge is 2.20. The summed E-state index contributed by atoms with van der Waals surface area (Å²) in [6.07, 6.45) is 0.193. The lowest BCUT2D eigenvalue weighted by Crippen LogP contribution is -2.24. The van der Waals surface area contributed by atoms with Crippen LogP contribution in [0.5, 0.6) is 5.75 Å². The molecule has 0 aliphatic carbocycles. The Morgan fingerprint density at radius 1 is 1.37 bits per heavy atom. The molecule has 0 atom stereocenters. The van der Waals surface area contributed by atoms with Gasteiger partial charge in [-0.3, -0.25) is 0 Å². The predicted molar refractivity (Wildman–Crippen MR) is 76.4 cm³/mol. The molecular weight excluding hydrogens is 288 g/mol. The average Bonchev–Trinajstić information content (AvgIpc) is 2.26. The average molecular weight is 307 g/mol. The Morgan fingerprint density at radius 3 is 2.53 bits per heavy atom. The van der Waals surface area contributed by atoms with Crippen LogP contribution in [-0.2, 0) is 15.6 Å². The Hall–Kier alpha value is -0.780. The second-order valence-corrected chi connectivity index (χ2v) is 7.73. The third-order valence-corrected chi connectivity index (χ3v) is 4.45. The summed E-state index contributed by atoms with van der Waals surface area (Å²) in [5.41, 5.74) is -0.461. The molecule has 1 aromatic rings. The Bertz CT molecular complexity index is 532. The van der Waals surface area contributed by atoms with Gasteiger partial charge < -0.3 is 9.84 Å². The highest BCUT2D eigenvalue weighted by Crippen LogP contribution is 2.25. The van der Waals surface area contributed by atoms with E-state index in [-0.39, 0.29) is 17.9 Å². The molecule has 0 amide bonds. The van der Waals surface area contributed by atoms with Gasteiger partial charge >= 0.3 is 0 Å². The zero-order chi connectivity index (χ0) is 14.7. The van der Waals surface area contributed by atoms with Gasteiger partial charge in [-0.2, -0.15) is 0 Å². The van der Waals surface area contributed by atoms with Gasteiger partial charge in [0.25, 0.3) is 0 Å². The molecule has 4 nitrogen and oxygen atoms in total. The minimum Gasteiger partial charge on any atom is -0.496 e. The van der Waals surface area contributed by atoms with Gasteiger partial charge in [0, 0.05) is 10.6 Å². The maximum Gasteiger partial charge on any atom is 0.154 e. The molecular formula is C13H19ClO4S. The van der Waals surface area contributed by atoms with Crippen molar-refractivity contribution in [2.45, 2.75) is 31.6 Å². The van der Waals surface area contributed by atoms with Gasteiger partial charge in [0.05, 0.1) is 24.2 Å². The van der Waals surface area contributed by atoms with E-state index >= 15 is 0 Å². The summed E-state index contributed by atoms with van der Waals surface area (Å²) >= 11 is 5.86. The number of hydrogen-bond donors (Lipinski definition) is 1. The fourth-order valence-electron chi connectivity index (χ4n) is 1.57. The second-order valence-electron chi connectivity index (χ2n) is 5.11. The smallest absolute Gasteiger partial charge is 0.154 e. The van der Waals surface area contributed by atoms with Crippen molar-refractivity contribution < 1.29 is 18.3 Å². The first-order chi connectivity index (χ1) is 8.63. The number of ether oxygens (including phenoxy) is 1. The zero-order valence-corrected chi connectivity index (χ0v) is 12.9. The van der Waals surface area contributed by atoms with Crippen molar-refractivity contribution >= 4 is 21.4 Å². The third-order valence-electron chi connectivity index (χ3n) is 2.64. The molecule has 0 fully saturated rings. The summed E-state index contributed by atoms with van der Waals surface area (Å²) in [6.45, 7) is 3.17. The zero-order valence-electron chi connectivity index (χ0n) is 11.3. The van der Waals surface area contributed by atoms with E-state index < -0.39 is 15.4 Å². The third kappa shape index (κ3) is 5.80. The van der Waals surface area contributed by atoms with Crippen molar-refractivity contribution in [3.05, 3.63) is 28.8 Å².